The first-order valence-corrected chi connectivity index (χ1v) is 9.42. The highest BCUT2D eigenvalue weighted by molar-refractivity contribution is 7.13. The van der Waals surface area contributed by atoms with Gasteiger partial charge in [-0.15, -0.1) is 11.3 Å². The number of halogens is 1. The van der Waals surface area contributed by atoms with Gasteiger partial charge < -0.3 is 5.32 Å². The minimum atomic E-state index is -0.313. The average molecular weight is 370 g/mol. The molecule has 1 aliphatic heterocycles. The quantitative estimate of drug-likeness (QED) is 0.736. The lowest BCUT2D eigenvalue weighted by molar-refractivity contribution is 0.237. The fraction of sp³-hybridized carbons (Fsp3) is 0.333. The largest absolute Gasteiger partial charge is 0.316 e. The summed E-state index contributed by atoms with van der Waals surface area (Å²) in [4.78, 5) is 20.1. The van der Waals surface area contributed by atoms with Crippen LogP contribution in [0.3, 0.4) is 0 Å². The van der Waals surface area contributed by atoms with Gasteiger partial charge in [0.2, 0.25) is 0 Å². The third kappa shape index (κ3) is 3.86. The van der Waals surface area contributed by atoms with Crippen molar-refractivity contribution in [2.24, 2.45) is 0 Å². The van der Waals surface area contributed by atoms with Crippen LogP contribution in [0.5, 0.6) is 0 Å². The van der Waals surface area contributed by atoms with Crippen molar-refractivity contribution >= 4 is 22.3 Å². The van der Waals surface area contributed by atoms with Crippen LogP contribution >= 0.6 is 11.3 Å². The highest BCUT2D eigenvalue weighted by Gasteiger charge is 2.29. The highest BCUT2D eigenvalue weighted by atomic mass is 32.1. The molecule has 1 atom stereocenters. The number of likely N-dealkylation sites (tertiary alicyclic amines) is 1. The Morgan fingerprint density at radius 1 is 1.31 bits per heavy atom. The molecule has 134 valence electrons. The van der Waals surface area contributed by atoms with Crippen molar-refractivity contribution < 1.29 is 4.39 Å². The van der Waals surface area contributed by atoms with E-state index in [-0.39, 0.29) is 11.9 Å². The van der Waals surface area contributed by atoms with Crippen molar-refractivity contribution in [3.63, 3.8) is 0 Å². The SMILES string of the molecule is Cc1cc(Nc2nccs2)nc(C2CCCN2Cc2ccc(F)cn2)n1. The summed E-state index contributed by atoms with van der Waals surface area (Å²) in [5.74, 6) is 1.25. The first-order chi connectivity index (χ1) is 12.7. The van der Waals surface area contributed by atoms with Gasteiger partial charge in [-0.1, -0.05) is 0 Å². The maximum atomic E-state index is 13.1. The summed E-state index contributed by atoms with van der Waals surface area (Å²) in [6.07, 6.45) is 5.11. The second-order valence-electron chi connectivity index (χ2n) is 6.31. The summed E-state index contributed by atoms with van der Waals surface area (Å²) in [6.45, 7) is 3.59. The van der Waals surface area contributed by atoms with Gasteiger partial charge >= 0.3 is 0 Å². The van der Waals surface area contributed by atoms with Crippen molar-refractivity contribution in [1.82, 2.24) is 24.8 Å². The summed E-state index contributed by atoms with van der Waals surface area (Å²) in [5.41, 5.74) is 1.77. The fourth-order valence-electron chi connectivity index (χ4n) is 3.22. The molecule has 0 aliphatic carbocycles. The average Bonchev–Trinajstić information content (AvgIpc) is 3.28. The standard InChI is InChI=1S/C18H19FN6S/c1-12-9-16(24-18-20-6-8-26-18)23-17(22-12)15-3-2-7-25(15)11-14-5-4-13(19)10-21-14/h4-6,8-10,15H,2-3,7,11H2,1H3,(H,20,22,23,24). The molecule has 26 heavy (non-hydrogen) atoms. The second kappa shape index (κ2) is 7.43. The number of thiazole rings is 1. The molecule has 3 aromatic rings. The first-order valence-electron chi connectivity index (χ1n) is 8.54. The van der Waals surface area contributed by atoms with Crippen LogP contribution in [0.15, 0.2) is 36.0 Å². The zero-order valence-electron chi connectivity index (χ0n) is 14.4. The number of pyridine rings is 1. The Labute approximate surface area is 155 Å². The number of aromatic nitrogens is 4. The number of rotatable bonds is 5. The van der Waals surface area contributed by atoms with E-state index in [1.54, 1.807) is 12.3 Å². The second-order valence-corrected chi connectivity index (χ2v) is 7.21. The van der Waals surface area contributed by atoms with Gasteiger partial charge in [0.05, 0.1) is 17.9 Å². The summed E-state index contributed by atoms with van der Waals surface area (Å²) in [6, 6.07) is 5.24. The summed E-state index contributed by atoms with van der Waals surface area (Å²) in [5, 5.41) is 5.98. The van der Waals surface area contributed by atoms with Crippen LogP contribution < -0.4 is 5.32 Å². The van der Waals surface area contributed by atoms with Crippen LogP contribution in [0.25, 0.3) is 0 Å². The minimum Gasteiger partial charge on any atom is -0.316 e. The smallest absolute Gasteiger partial charge is 0.188 e. The van der Waals surface area contributed by atoms with Crippen LogP contribution in [-0.2, 0) is 6.54 Å². The third-order valence-corrected chi connectivity index (χ3v) is 5.04. The lowest BCUT2D eigenvalue weighted by Crippen LogP contribution is -2.25. The van der Waals surface area contributed by atoms with Crippen molar-refractivity contribution in [3.8, 4) is 0 Å². The molecule has 1 unspecified atom stereocenters. The predicted octanol–water partition coefficient (Wildman–Crippen LogP) is 3.86. The highest BCUT2D eigenvalue weighted by Crippen LogP contribution is 2.32. The Morgan fingerprint density at radius 2 is 2.23 bits per heavy atom. The van der Waals surface area contributed by atoms with E-state index in [1.165, 1.54) is 23.6 Å². The molecule has 0 bridgehead atoms. The zero-order chi connectivity index (χ0) is 17.9. The molecule has 0 aromatic carbocycles. The number of hydrogen-bond acceptors (Lipinski definition) is 7. The number of aryl methyl sites for hydroxylation is 1. The molecule has 4 rings (SSSR count). The van der Waals surface area contributed by atoms with E-state index in [4.69, 9.17) is 4.98 Å². The normalized spacial score (nSPS) is 17.5. The maximum absolute atomic E-state index is 13.1. The Kier molecular flexibility index (Phi) is 4.85. The van der Waals surface area contributed by atoms with Crippen LogP contribution in [0.2, 0.25) is 0 Å². The van der Waals surface area contributed by atoms with E-state index in [2.05, 4.69) is 25.2 Å². The van der Waals surface area contributed by atoms with Crippen molar-refractivity contribution in [2.45, 2.75) is 32.4 Å². The monoisotopic (exact) mass is 370 g/mol. The molecule has 0 radical (unpaired) electrons. The Bertz CT molecular complexity index is 868. The van der Waals surface area contributed by atoms with Gasteiger partial charge in [-0.2, -0.15) is 0 Å². The number of nitrogens with one attached hydrogen (secondary N) is 1. The molecule has 1 fully saturated rings. The van der Waals surface area contributed by atoms with E-state index in [9.17, 15) is 4.39 Å². The molecule has 6 nitrogen and oxygen atoms in total. The Morgan fingerprint density at radius 3 is 3.00 bits per heavy atom. The van der Waals surface area contributed by atoms with Crippen molar-refractivity contribution in [3.05, 3.63) is 59.0 Å². The Balaban J connectivity index is 1.55. The van der Waals surface area contributed by atoms with E-state index < -0.39 is 0 Å². The molecule has 0 spiro atoms. The topological polar surface area (TPSA) is 66.8 Å². The summed E-state index contributed by atoms with van der Waals surface area (Å²) < 4.78 is 13.1. The van der Waals surface area contributed by atoms with Gasteiger partial charge in [0.25, 0.3) is 0 Å². The first kappa shape index (κ1) is 17.0. The fourth-order valence-corrected chi connectivity index (χ4v) is 3.75. The van der Waals surface area contributed by atoms with E-state index in [0.717, 1.165) is 47.5 Å². The number of anilines is 2. The zero-order valence-corrected chi connectivity index (χ0v) is 15.2. The summed E-state index contributed by atoms with van der Waals surface area (Å²) >= 11 is 1.53. The lowest BCUT2D eigenvalue weighted by atomic mass is 10.2. The van der Waals surface area contributed by atoms with Gasteiger partial charge in [0.15, 0.2) is 5.13 Å². The van der Waals surface area contributed by atoms with Gasteiger partial charge in [0, 0.05) is 29.9 Å². The lowest BCUT2D eigenvalue weighted by Gasteiger charge is -2.23. The van der Waals surface area contributed by atoms with Crippen molar-refractivity contribution in [2.75, 3.05) is 11.9 Å². The molecule has 0 saturated carbocycles. The predicted molar refractivity (Wildman–Crippen MR) is 98.7 cm³/mol. The molecule has 8 heteroatoms. The van der Waals surface area contributed by atoms with Crippen LogP contribution in [0.1, 0.15) is 36.1 Å². The molecule has 4 heterocycles. The molecular formula is C18H19FN6S. The molecule has 1 aliphatic rings. The van der Waals surface area contributed by atoms with Crippen LogP contribution in [0.4, 0.5) is 15.3 Å². The minimum absolute atomic E-state index is 0.138. The number of hydrogen-bond donors (Lipinski definition) is 1. The van der Waals surface area contributed by atoms with E-state index >= 15 is 0 Å². The third-order valence-electron chi connectivity index (χ3n) is 4.35. The molecular weight excluding hydrogens is 351 g/mol. The Hall–Kier alpha value is -2.45. The van der Waals surface area contributed by atoms with Gasteiger partial charge in [-0.05, 0) is 38.4 Å². The van der Waals surface area contributed by atoms with E-state index in [0.29, 0.717) is 6.54 Å². The molecule has 3 aromatic heterocycles. The van der Waals surface area contributed by atoms with Gasteiger partial charge in [-0.25, -0.2) is 19.3 Å². The maximum Gasteiger partial charge on any atom is 0.188 e. The molecule has 1 N–H and O–H groups in total. The molecule has 1 saturated heterocycles. The summed E-state index contributed by atoms with van der Waals surface area (Å²) in [7, 11) is 0. The van der Waals surface area contributed by atoms with Crippen LogP contribution in [0, 0.1) is 12.7 Å². The van der Waals surface area contributed by atoms with E-state index in [1.807, 2.05) is 18.4 Å². The van der Waals surface area contributed by atoms with Crippen LogP contribution in [-0.4, -0.2) is 31.4 Å². The molecule has 0 amide bonds. The van der Waals surface area contributed by atoms with Gasteiger partial charge in [0.1, 0.15) is 17.5 Å². The number of nitrogens with zero attached hydrogens (tertiary/aromatic N) is 5. The van der Waals surface area contributed by atoms with Gasteiger partial charge in [-0.3, -0.25) is 9.88 Å². The van der Waals surface area contributed by atoms with Crippen molar-refractivity contribution in [1.29, 1.82) is 0 Å².